The standard InChI is InChI=1S/C16H16BrNO4S/c1-9-7-11(22-8-15(19)20)3-4-12(9)18-16(21)10(2)13-5-6-14(17)23-13/h3-7,10H,8H2,1-2H3,(H,18,21)(H,19,20). The smallest absolute Gasteiger partial charge is 0.341 e. The maximum atomic E-state index is 12.3. The number of carbonyl (C=O) groups excluding carboxylic acids is 1. The third-order valence-electron chi connectivity index (χ3n) is 3.23. The number of halogens is 1. The first-order valence-corrected chi connectivity index (χ1v) is 8.49. The molecule has 2 aromatic rings. The Hall–Kier alpha value is -1.86. The van der Waals surface area contributed by atoms with Crippen LogP contribution >= 0.6 is 27.3 Å². The number of amides is 1. The van der Waals surface area contributed by atoms with Crippen molar-refractivity contribution in [3.05, 3.63) is 44.6 Å². The first-order chi connectivity index (χ1) is 10.9. The summed E-state index contributed by atoms with van der Waals surface area (Å²) in [7, 11) is 0. The van der Waals surface area contributed by atoms with Gasteiger partial charge in [-0.2, -0.15) is 0 Å². The van der Waals surface area contributed by atoms with Gasteiger partial charge in [0, 0.05) is 10.6 Å². The quantitative estimate of drug-likeness (QED) is 0.771. The number of benzene rings is 1. The molecule has 1 amide bonds. The maximum absolute atomic E-state index is 12.3. The Kier molecular flexibility index (Phi) is 5.79. The highest BCUT2D eigenvalue weighted by Gasteiger charge is 2.18. The summed E-state index contributed by atoms with van der Waals surface area (Å²) in [6.45, 7) is 3.29. The molecule has 0 saturated heterocycles. The summed E-state index contributed by atoms with van der Waals surface area (Å²) in [6.07, 6.45) is 0. The first-order valence-electron chi connectivity index (χ1n) is 6.88. The molecule has 1 unspecified atom stereocenters. The minimum absolute atomic E-state index is 0.0957. The van der Waals surface area contributed by atoms with Gasteiger partial charge in [0.15, 0.2) is 6.61 Å². The molecule has 5 nitrogen and oxygen atoms in total. The van der Waals surface area contributed by atoms with Crippen molar-refractivity contribution in [2.75, 3.05) is 11.9 Å². The van der Waals surface area contributed by atoms with Crippen molar-refractivity contribution in [3.8, 4) is 5.75 Å². The average Bonchev–Trinajstić information content (AvgIpc) is 2.93. The number of carbonyl (C=O) groups is 2. The summed E-state index contributed by atoms with van der Waals surface area (Å²) in [6, 6.07) is 8.89. The molecule has 2 N–H and O–H groups in total. The molecule has 1 atom stereocenters. The number of carboxylic acids is 1. The van der Waals surface area contributed by atoms with Crippen LogP contribution in [-0.2, 0) is 9.59 Å². The molecule has 23 heavy (non-hydrogen) atoms. The molecular formula is C16H16BrNO4S. The van der Waals surface area contributed by atoms with E-state index in [0.29, 0.717) is 11.4 Å². The van der Waals surface area contributed by atoms with E-state index in [1.807, 2.05) is 26.0 Å². The predicted molar refractivity (Wildman–Crippen MR) is 93.4 cm³/mol. The molecule has 122 valence electrons. The second kappa shape index (κ2) is 7.61. The van der Waals surface area contributed by atoms with Gasteiger partial charge in [-0.05, 0) is 65.7 Å². The first kappa shape index (κ1) is 17.5. The van der Waals surface area contributed by atoms with Crippen molar-refractivity contribution >= 4 is 44.8 Å². The van der Waals surface area contributed by atoms with Gasteiger partial charge < -0.3 is 15.2 Å². The number of thiophene rings is 1. The summed E-state index contributed by atoms with van der Waals surface area (Å²) >= 11 is 4.92. The topological polar surface area (TPSA) is 75.6 Å². The largest absolute Gasteiger partial charge is 0.482 e. The van der Waals surface area contributed by atoms with E-state index in [1.54, 1.807) is 18.2 Å². The maximum Gasteiger partial charge on any atom is 0.341 e. The van der Waals surface area contributed by atoms with Crippen LogP contribution in [0.3, 0.4) is 0 Å². The molecule has 0 bridgehead atoms. The molecule has 7 heteroatoms. The number of rotatable bonds is 6. The van der Waals surface area contributed by atoms with Gasteiger partial charge in [0.25, 0.3) is 0 Å². The summed E-state index contributed by atoms with van der Waals surface area (Å²) < 4.78 is 6.10. The van der Waals surface area contributed by atoms with Crippen LogP contribution in [0.2, 0.25) is 0 Å². The number of ether oxygens (including phenoxy) is 1. The number of nitrogens with one attached hydrogen (secondary N) is 1. The van der Waals surface area contributed by atoms with E-state index in [1.165, 1.54) is 11.3 Å². The molecule has 0 radical (unpaired) electrons. The lowest BCUT2D eigenvalue weighted by molar-refractivity contribution is -0.139. The Morgan fingerprint density at radius 2 is 2.09 bits per heavy atom. The lowest BCUT2D eigenvalue weighted by atomic mass is 10.1. The second-order valence-electron chi connectivity index (χ2n) is 5.01. The average molecular weight is 398 g/mol. The molecule has 0 fully saturated rings. The Morgan fingerprint density at radius 1 is 1.35 bits per heavy atom. The van der Waals surface area contributed by atoms with Gasteiger partial charge in [-0.3, -0.25) is 4.79 Å². The van der Waals surface area contributed by atoms with Crippen LogP contribution in [0.4, 0.5) is 5.69 Å². The van der Waals surface area contributed by atoms with Gasteiger partial charge in [-0.25, -0.2) is 4.79 Å². The highest BCUT2D eigenvalue weighted by atomic mass is 79.9. The van der Waals surface area contributed by atoms with Crippen molar-refractivity contribution < 1.29 is 19.4 Å². The zero-order valence-corrected chi connectivity index (χ0v) is 15.0. The van der Waals surface area contributed by atoms with Gasteiger partial charge in [0.2, 0.25) is 5.91 Å². The van der Waals surface area contributed by atoms with E-state index in [9.17, 15) is 9.59 Å². The Morgan fingerprint density at radius 3 is 2.65 bits per heavy atom. The Labute approximate surface area is 146 Å². The second-order valence-corrected chi connectivity index (χ2v) is 7.51. The lowest BCUT2D eigenvalue weighted by Gasteiger charge is -2.13. The predicted octanol–water partition coefficient (Wildman–Crippen LogP) is 4.02. The van der Waals surface area contributed by atoms with Crippen LogP contribution in [0.1, 0.15) is 23.3 Å². The van der Waals surface area contributed by atoms with E-state index >= 15 is 0 Å². The van der Waals surface area contributed by atoms with Crippen molar-refractivity contribution in [2.24, 2.45) is 0 Å². The van der Waals surface area contributed by atoms with Crippen LogP contribution in [0.5, 0.6) is 5.75 Å². The number of aliphatic carboxylic acids is 1. The van der Waals surface area contributed by atoms with Gasteiger partial charge in [-0.1, -0.05) is 0 Å². The molecule has 0 aliphatic carbocycles. The number of hydrogen-bond donors (Lipinski definition) is 2. The van der Waals surface area contributed by atoms with Gasteiger partial charge in [-0.15, -0.1) is 11.3 Å². The molecule has 0 aliphatic heterocycles. The number of carboxylic acid groups (broad SMARTS) is 1. The van der Waals surface area contributed by atoms with Crippen molar-refractivity contribution in [2.45, 2.75) is 19.8 Å². The SMILES string of the molecule is Cc1cc(OCC(=O)O)ccc1NC(=O)C(C)c1ccc(Br)s1. The van der Waals surface area contributed by atoms with Gasteiger partial charge >= 0.3 is 5.97 Å². The lowest BCUT2D eigenvalue weighted by Crippen LogP contribution is -2.18. The van der Waals surface area contributed by atoms with Crippen molar-refractivity contribution in [3.63, 3.8) is 0 Å². The van der Waals surface area contributed by atoms with E-state index in [2.05, 4.69) is 21.2 Å². The minimum Gasteiger partial charge on any atom is -0.482 e. The van der Waals surface area contributed by atoms with Crippen LogP contribution in [0.25, 0.3) is 0 Å². The monoisotopic (exact) mass is 397 g/mol. The minimum atomic E-state index is -1.03. The van der Waals surface area contributed by atoms with Crippen LogP contribution in [0, 0.1) is 6.92 Å². The van der Waals surface area contributed by atoms with E-state index in [4.69, 9.17) is 9.84 Å². The Bertz CT molecular complexity index is 729. The number of hydrogen-bond acceptors (Lipinski definition) is 4. The molecule has 1 heterocycles. The van der Waals surface area contributed by atoms with Crippen LogP contribution < -0.4 is 10.1 Å². The molecule has 1 aromatic heterocycles. The third kappa shape index (κ3) is 4.80. The van der Waals surface area contributed by atoms with E-state index in [0.717, 1.165) is 14.2 Å². The molecule has 0 aliphatic rings. The van der Waals surface area contributed by atoms with Crippen molar-refractivity contribution in [1.29, 1.82) is 0 Å². The molecule has 0 spiro atoms. The summed E-state index contributed by atoms with van der Waals surface area (Å²) in [5.74, 6) is -0.926. The van der Waals surface area contributed by atoms with Crippen LogP contribution in [0.15, 0.2) is 34.1 Å². The fourth-order valence-electron chi connectivity index (χ4n) is 1.94. The summed E-state index contributed by atoms with van der Waals surface area (Å²) in [5, 5.41) is 11.5. The number of aryl methyl sites for hydroxylation is 1. The van der Waals surface area contributed by atoms with E-state index < -0.39 is 12.6 Å². The van der Waals surface area contributed by atoms with Crippen LogP contribution in [-0.4, -0.2) is 23.6 Å². The van der Waals surface area contributed by atoms with Gasteiger partial charge in [0.05, 0.1) is 9.70 Å². The zero-order chi connectivity index (χ0) is 17.0. The molecular weight excluding hydrogens is 382 g/mol. The zero-order valence-electron chi connectivity index (χ0n) is 12.6. The molecule has 2 rings (SSSR count). The number of anilines is 1. The van der Waals surface area contributed by atoms with Gasteiger partial charge in [0.1, 0.15) is 5.75 Å². The Balaban J connectivity index is 2.04. The highest BCUT2D eigenvalue weighted by Crippen LogP contribution is 2.30. The molecule has 1 aromatic carbocycles. The van der Waals surface area contributed by atoms with E-state index in [-0.39, 0.29) is 11.8 Å². The van der Waals surface area contributed by atoms with Crippen molar-refractivity contribution in [1.82, 2.24) is 0 Å². The normalized spacial score (nSPS) is 11.8. The fourth-order valence-corrected chi connectivity index (χ4v) is 3.42. The highest BCUT2D eigenvalue weighted by molar-refractivity contribution is 9.11. The third-order valence-corrected chi connectivity index (χ3v) is 5.04. The summed E-state index contributed by atoms with van der Waals surface area (Å²) in [4.78, 5) is 23.8. The fraction of sp³-hybridized carbons (Fsp3) is 0.250. The molecule has 0 saturated carbocycles. The summed E-state index contributed by atoms with van der Waals surface area (Å²) in [5.41, 5.74) is 1.49.